The van der Waals surface area contributed by atoms with Gasteiger partial charge in [0, 0.05) is 18.5 Å². The third-order valence-electron chi connectivity index (χ3n) is 3.87. The number of carbonyl (C=O) groups is 1. The molecule has 98 valence electrons. The van der Waals surface area contributed by atoms with Crippen molar-refractivity contribution in [2.75, 3.05) is 19.7 Å². The van der Waals surface area contributed by atoms with Gasteiger partial charge in [-0.05, 0) is 25.3 Å². The van der Waals surface area contributed by atoms with Crippen LogP contribution in [0.2, 0.25) is 0 Å². The molecule has 1 fully saturated rings. The number of hydrogen-bond donors (Lipinski definition) is 1. The molecule has 1 aromatic rings. The predicted octanol–water partition coefficient (Wildman–Crippen LogP) is 1.10. The maximum atomic E-state index is 12.3. The summed E-state index contributed by atoms with van der Waals surface area (Å²) in [5.74, 6) is -0.0177. The molecule has 0 saturated carbocycles. The van der Waals surface area contributed by atoms with Crippen molar-refractivity contribution >= 4 is 5.91 Å². The van der Waals surface area contributed by atoms with Crippen molar-refractivity contribution in [3.63, 3.8) is 0 Å². The van der Waals surface area contributed by atoms with Crippen LogP contribution in [0.5, 0.6) is 0 Å². The zero-order valence-electron chi connectivity index (χ0n) is 10.7. The molecule has 0 aliphatic carbocycles. The first-order valence-electron chi connectivity index (χ1n) is 6.37. The van der Waals surface area contributed by atoms with Gasteiger partial charge >= 0.3 is 0 Å². The van der Waals surface area contributed by atoms with E-state index in [0.29, 0.717) is 12.1 Å². The first-order chi connectivity index (χ1) is 8.71. The smallest absolute Gasteiger partial charge is 0.255 e. The molecular formula is C13H19N3O2. The number of aliphatic hydroxyl groups excluding tert-OH is 1. The monoisotopic (exact) mass is 249 g/mol. The first-order valence-corrected chi connectivity index (χ1v) is 6.37. The number of piperidine rings is 1. The molecule has 1 unspecified atom stereocenters. The summed E-state index contributed by atoms with van der Waals surface area (Å²) in [5, 5.41) is 17.0. The molecule has 5 heteroatoms. The standard InChI is InChI=1S/C13H19N3O2/c1-2-13(10-17)5-3-7-16(9-13)12(18)11-4-6-14-15-8-11/h4,6,8,17H,2-3,5,7,9-10H2,1H3. The van der Waals surface area contributed by atoms with Gasteiger partial charge in [-0.15, -0.1) is 0 Å². The lowest BCUT2D eigenvalue weighted by Crippen LogP contribution is -2.47. The Morgan fingerprint density at radius 1 is 1.56 bits per heavy atom. The van der Waals surface area contributed by atoms with E-state index in [0.717, 1.165) is 25.8 Å². The summed E-state index contributed by atoms with van der Waals surface area (Å²) in [5.41, 5.74) is 0.434. The van der Waals surface area contributed by atoms with Crippen LogP contribution in [-0.4, -0.2) is 45.8 Å². The highest BCUT2D eigenvalue weighted by Crippen LogP contribution is 2.33. The highest BCUT2D eigenvalue weighted by atomic mass is 16.3. The van der Waals surface area contributed by atoms with Gasteiger partial charge in [-0.25, -0.2) is 0 Å². The molecule has 1 aromatic heterocycles. The summed E-state index contributed by atoms with van der Waals surface area (Å²) < 4.78 is 0. The van der Waals surface area contributed by atoms with Gasteiger partial charge in [-0.3, -0.25) is 4.79 Å². The summed E-state index contributed by atoms with van der Waals surface area (Å²) in [4.78, 5) is 14.1. The minimum Gasteiger partial charge on any atom is -0.396 e. The second kappa shape index (κ2) is 5.44. The lowest BCUT2D eigenvalue weighted by atomic mass is 9.78. The zero-order valence-corrected chi connectivity index (χ0v) is 10.7. The topological polar surface area (TPSA) is 66.3 Å². The van der Waals surface area contributed by atoms with Gasteiger partial charge in [0.25, 0.3) is 5.91 Å². The van der Waals surface area contributed by atoms with E-state index in [2.05, 4.69) is 17.1 Å². The van der Waals surface area contributed by atoms with Crippen LogP contribution in [0.15, 0.2) is 18.5 Å². The quantitative estimate of drug-likeness (QED) is 0.871. The molecule has 1 amide bonds. The van der Waals surface area contributed by atoms with Gasteiger partial charge in [-0.1, -0.05) is 6.92 Å². The Labute approximate surface area is 107 Å². The maximum absolute atomic E-state index is 12.3. The van der Waals surface area contributed by atoms with Crippen LogP contribution < -0.4 is 0 Å². The van der Waals surface area contributed by atoms with E-state index in [-0.39, 0.29) is 17.9 Å². The third-order valence-corrected chi connectivity index (χ3v) is 3.87. The Bertz CT molecular complexity index is 404. The molecular weight excluding hydrogens is 230 g/mol. The molecule has 18 heavy (non-hydrogen) atoms. The lowest BCUT2D eigenvalue weighted by molar-refractivity contribution is 0.0251. The molecule has 0 radical (unpaired) electrons. The number of rotatable bonds is 3. The highest BCUT2D eigenvalue weighted by molar-refractivity contribution is 5.93. The van der Waals surface area contributed by atoms with Crippen molar-refractivity contribution in [3.05, 3.63) is 24.0 Å². The number of hydrogen-bond acceptors (Lipinski definition) is 4. The Morgan fingerprint density at radius 3 is 3.00 bits per heavy atom. The highest BCUT2D eigenvalue weighted by Gasteiger charge is 2.35. The normalized spacial score (nSPS) is 24.0. The van der Waals surface area contributed by atoms with Gasteiger partial charge in [0.15, 0.2) is 0 Å². The Hall–Kier alpha value is -1.49. The van der Waals surface area contributed by atoms with Crippen LogP contribution in [0.3, 0.4) is 0 Å². The molecule has 1 aliphatic rings. The fourth-order valence-electron chi connectivity index (χ4n) is 2.51. The molecule has 1 saturated heterocycles. The summed E-state index contributed by atoms with van der Waals surface area (Å²) in [6.45, 7) is 3.59. The minimum absolute atomic E-state index is 0.0177. The van der Waals surface area contributed by atoms with Crippen LogP contribution in [0.1, 0.15) is 36.5 Å². The first kappa shape index (κ1) is 13.0. The SMILES string of the molecule is CCC1(CO)CCCN(C(=O)c2ccnnc2)C1. The average Bonchev–Trinajstić information content (AvgIpc) is 2.47. The van der Waals surface area contributed by atoms with Crippen molar-refractivity contribution < 1.29 is 9.90 Å². The molecule has 5 nitrogen and oxygen atoms in total. The van der Waals surface area contributed by atoms with E-state index < -0.39 is 0 Å². The fraction of sp³-hybridized carbons (Fsp3) is 0.615. The Balaban J connectivity index is 2.12. The average molecular weight is 249 g/mol. The van der Waals surface area contributed by atoms with Gasteiger partial charge < -0.3 is 10.0 Å². The number of amides is 1. The summed E-state index contributed by atoms with van der Waals surface area (Å²) in [6, 6.07) is 1.68. The van der Waals surface area contributed by atoms with Crippen molar-refractivity contribution in [1.29, 1.82) is 0 Å². The molecule has 0 bridgehead atoms. The van der Waals surface area contributed by atoms with E-state index in [9.17, 15) is 9.90 Å². The van der Waals surface area contributed by atoms with Gasteiger partial charge in [0.05, 0.1) is 24.6 Å². The van der Waals surface area contributed by atoms with Crippen LogP contribution in [0.25, 0.3) is 0 Å². The van der Waals surface area contributed by atoms with E-state index in [4.69, 9.17) is 0 Å². The summed E-state index contributed by atoms with van der Waals surface area (Å²) in [7, 11) is 0. The van der Waals surface area contributed by atoms with E-state index in [1.165, 1.54) is 12.4 Å². The number of aromatic nitrogens is 2. The van der Waals surface area contributed by atoms with Crippen molar-refractivity contribution in [2.45, 2.75) is 26.2 Å². The fourth-order valence-corrected chi connectivity index (χ4v) is 2.51. The van der Waals surface area contributed by atoms with E-state index in [1.54, 1.807) is 6.07 Å². The van der Waals surface area contributed by atoms with Gasteiger partial charge in [0.2, 0.25) is 0 Å². The molecule has 1 atom stereocenters. The summed E-state index contributed by atoms with van der Waals surface area (Å²) >= 11 is 0. The zero-order chi connectivity index (χ0) is 13.0. The lowest BCUT2D eigenvalue weighted by Gasteiger charge is -2.41. The Kier molecular flexibility index (Phi) is 3.91. The summed E-state index contributed by atoms with van der Waals surface area (Å²) in [6.07, 6.45) is 5.83. The number of nitrogens with zero attached hydrogens (tertiary/aromatic N) is 3. The van der Waals surface area contributed by atoms with Gasteiger partial charge in [-0.2, -0.15) is 10.2 Å². The second-order valence-electron chi connectivity index (χ2n) is 4.97. The van der Waals surface area contributed by atoms with E-state index >= 15 is 0 Å². The van der Waals surface area contributed by atoms with Crippen molar-refractivity contribution in [3.8, 4) is 0 Å². The second-order valence-corrected chi connectivity index (χ2v) is 4.97. The number of aliphatic hydroxyl groups is 1. The maximum Gasteiger partial charge on any atom is 0.255 e. The van der Waals surface area contributed by atoms with Crippen LogP contribution in [-0.2, 0) is 0 Å². The van der Waals surface area contributed by atoms with E-state index in [1.807, 2.05) is 4.90 Å². The molecule has 1 N–H and O–H groups in total. The number of likely N-dealkylation sites (tertiary alicyclic amines) is 1. The third kappa shape index (κ3) is 2.51. The van der Waals surface area contributed by atoms with Crippen molar-refractivity contribution in [2.24, 2.45) is 5.41 Å². The Morgan fingerprint density at radius 2 is 2.39 bits per heavy atom. The predicted molar refractivity (Wildman–Crippen MR) is 67.0 cm³/mol. The largest absolute Gasteiger partial charge is 0.396 e. The van der Waals surface area contributed by atoms with Gasteiger partial charge in [0.1, 0.15) is 0 Å². The molecule has 1 aliphatic heterocycles. The molecule has 0 aromatic carbocycles. The van der Waals surface area contributed by atoms with Crippen LogP contribution in [0, 0.1) is 5.41 Å². The molecule has 0 spiro atoms. The van der Waals surface area contributed by atoms with Crippen LogP contribution in [0.4, 0.5) is 0 Å². The number of carbonyl (C=O) groups excluding carboxylic acids is 1. The minimum atomic E-state index is -0.131. The molecule has 2 heterocycles. The molecule has 2 rings (SSSR count). The van der Waals surface area contributed by atoms with Crippen molar-refractivity contribution in [1.82, 2.24) is 15.1 Å². The van der Waals surface area contributed by atoms with Crippen LogP contribution >= 0.6 is 0 Å².